The molecule has 0 radical (unpaired) electrons. The van der Waals surface area contributed by atoms with Crippen LogP contribution < -0.4 is 0 Å². The summed E-state index contributed by atoms with van der Waals surface area (Å²) in [5.41, 5.74) is 10.8. The Morgan fingerprint density at radius 2 is 0.913 bits per heavy atom. The van der Waals surface area contributed by atoms with Crippen molar-refractivity contribution in [2.24, 2.45) is 11.8 Å². The third-order valence-electron chi connectivity index (χ3n) is 14.2. The summed E-state index contributed by atoms with van der Waals surface area (Å²) < 4.78 is 0. The van der Waals surface area contributed by atoms with E-state index in [-0.39, 0.29) is 0 Å². The third-order valence-corrected chi connectivity index (χ3v) is 14.2. The highest BCUT2D eigenvalue weighted by Crippen LogP contribution is 2.48. The van der Waals surface area contributed by atoms with E-state index in [0.29, 0.717) is 10.8 Å². The molecule has 0 amide bonds. The molecule has 2 spiro atoms. The first-order chi connectivity index (χ1) is 22.5. The Morgan fingerprint density at radius 3 is 1.37 bits per heavy atom. The molecular formula is C44H58N2. The van der Waals surface area contributed by atoms with Gasteiger partial charge in [-0.2, -0.15) is 0 Å². The number of hydrogen-bond donors (Lipinski definition) is 0. The molecular weight excluding hydrogens is 556 g/mol. The van der Waals surface area contributed by atoms with Crippen LogP contribution in [0.5, 0.6) is 0 Å². The largest absolute Gasteiger partial charge is 0.300 e. The molecule has 3 aromatic rings. The number of fused-ring (bicyclic) bond motifs is 5. The molecule has 2 saturated heterocycles. The summed E-state index contributed by atoms with van der Waals surface area (Å²) in [5.74, 6) is 1.87. The molecule has 2 heteroatoms. The first-order valence-corrected chi connectivity index (χ1v) is 19.2. The van der Waals surface area contributed by atoms with Gasteiger partial charge < -0.3 is 4.90 Å². The lowest BCUT2D eigenvalue weighted by atomic mass is 9.72. The van der Waals surface area contributed by atoms with Gasteiger partial charge in [-0.1, -0.05) is 86.6 Å². The Labute approximate surface area is 280 Å². The van der Waals surface area contributed by atoms with Crippen LogP contribution in [0.25, 0.3) is 0 Å². The lowest BCUT2D eigenvalue weighted by Crippen LogP contribution is -2.47. The number of benzene rings is 3. The minimum Gasteiger partial charge on any atom is -0.300 e. The quantitative estimate of drug-likeness (QED) is 0.290. The van der Waals surface area contributed by atoms with Crippen molar-refractivity contribution in [1.82, 2.24) is 9.80 Å². The number of piperidine rings is 2. The summed E-state index contributed by atoms with van der Waals surface area (Å²) in [4.78, 5) is 5.63. The van der Waals surface area contributed by atoms with Crippen molar-refractivity contribution in [1.29, 1.82) is 0 Å². The number of hydrogen-bond acceptors (Lipinski definition) is 2. The first kappa shape index (κ1) is 30.9. The molecule has 0 aromatic heterocycles. The summed E-state index contributed by atoms with van der Waals surface area (Å²) >= 11 is 0. The SMILES string of the molecule is CC(C)C1CCC(N2CCC3(CCc4ccccc43)CC2)CC1.c1ccc2c(c1)CC(N1CCC3(CCc4ccccc43)CC1)C2. The summed E-state index contributed by atoms with van der Waals surface area (Å²) in [6, 6.07) is 29.2. The zero-order chi connectivity index (χ0) is 31.1. The Morgan fingerprint density at radius 1 is 0.500 bits per heavy atom. The Hall–Kier alpha value is -2.42. The molecule has 0 N–H and O–H groups in total. The second kappa shape index (κ2) is 12.9. The van der Waals surface area contributed by atoms with Gasteiger partial charge >= 0.3 is 0 Å². The Kier molecular flexibility index (Phi) is 8.65. The van der Waals surface area contributed by atoms with Gasteiger partial charge in [0.05, 0.1) is 0 Å². The number of nitrogens with zero attached hydrogens (tertiary/aromatic N) is 2. The molecule has 0 bridgehead atoms. The van der Waals surface area contributed by atoms with Gasteiger partial charge in [0.2, 0.25) is 0 Å². The van der Waals surface area contributed by atoms with E-state index < -0.39 is 0 Å². The standard InChI is InChI=1S/C22H25N.C22H33N/c1-2-7-19-16-20(15-18(19)6-1)23-13-11-22(12-14-23)10-9-17-5-3-4-8-21(17)22;1-17(2)18-7-9-20(10-8-18)23-15-13-22(14-16-23)12-11-19-5-3-4-6-21(19)22/h1-8,20H,9-16H2;3-6,17-18,20H,7-16H2,1-2H3. The van der Waals surface area contributed by atoms with Crippen molar-refractivity contribution < 1.29 is 0 Å². The maximum atomic E-state index is 2.85. The molecule has 0 unspecified atom stereocenters. The zero-order valence-corrected chi connectivity index (χ0v) is 28.9. The molecule has 2 aliphatic heterocycles. The van der Waals surface area contributed by atoms with Crippen LogP contribution in [0.2, 0.25) is 0 Å². The van der Waals surface area contributed by atoms with E-state index >= 15 is 0 Å². The molecule has 6 aliphatic rings. The van der Waals surface area contributed by atoms with Crippen LogP contribution in [0.15, 0.2) is 72.8 Å². The van der Waals surface area contributed by atoms with Crippen molar-refractivity contribution in [2.75, 3.05) is 26.2 Å². The molecule has 46 heavy (non-hydrogen) atoms. The fourth-order valence-corrected chi connectivity index (χ4v) is 11.1. The van der Waals surface area contributed by atoms with Crippen LogP contribution in [0.4, 0.5) is 0 Å². The van der Waals surface area contributed by atoms with Gasteiger partial charge in [0.1, 0.15) is 0 Å². The summed E-state index contributed by atoms with van der Waals surface area (Å²) in [6.45, 7) is 10.1. The predicted octanol–water partition coefficient (Wildman–Crippen LogP) is 9.32. The van der Waals surface area contributed by atoms with Crippen molar-refractivity contribution in [3.8, 4) is 0 Å². The van der Waals surface area contributed by atoms with Crippen LogP contribution in [-0.4, -0.2) is 48.1 Å². The topological polar surface area (TPSA) is 6.48 Å². The van der Waals surface area contributed by atoms with Crippen LogP contribution in [0, 0.1) is 11.8 Å². The predicted molar refractivity (Wildman–Crippen MR) is 193 cm³/mol. The number of rotatable bonds is 3. The Balaban J connectivity index is 0.000000136. The Bertz CT molecular complexity index is 1450. The molecule has 4 aliphatic carbocycles. The summed E-state index contributed by atoms with van der Waals surface area (Å²) in [7, 11) is 0. The molecule has 244 valence electrons. The van der Waals surface area contributed by atoms with Crippen LogP contribution in [0.1, 0.15) is 111 Å². The minimum atomic E-state index is 0.499. The molecule has 3 fully saturated rings. The van der Waals surface area contributed by atoms with Gasteiger partial charge in [-0.15, -0.1) is 0 Å². The van der Waals surface area contributed by atoms with E-state index in [1.54, 1.807) is 33.4 Å². The smallest absolute Gasteiger partial charge is 0.0176 e. The second-order valence-electron chi connectivity index (χ2n) is 16.6. The fraction of sp³-hybridized carbons (Fsp3) is 0.591. The van der Waals surface area contributed by atoms with E-state index in [9.17, 15) is 0 Å². The molecule has 3 aromatic carbocycles. The van der Waals surface area contributed by atoms with Crippen molar-refractivity contribution in [3.05, 3.63) is 106 Å². The summed E-state index contributed by atoms with van der Waals surface area (Å²) in [6.07, 6.45) is 19.3. The van der Waals surface area contributed by atoms with Crippen molar-refractivity contribution in [2.45, 2.75) is 127 Å². The lowest BCUT2D eigenvalue weighted by Gasteiger charge is -2.45. The van der Waals surface area contributed by atoms with E-state index in [2.05, 4.69) is 96.4 Å². The molecule has 2 heterocycles. The van der Waals surface area contributed by atoms with Gasteiger partial charge in [-0.3, -0.25) is 4.90 Å². The van der Waals surface area contributed by atoms with E-state index in [4.69, 9.17) is 0 Å². The lowest BCUT2D eigenvalue weighted by molar-refractivity contribution is 0.0760. The first-order valence-electron chi connectivity index (χ1n) is 19.2. The van der Waals surface area contributed by atoms with Gasteiger partial charge in [0.15, 0.2) is 0 Å². The van der Waals surface area contributed by atoms with E-state index in [1.807, 2.05) is 0 Å². The average molecular weight is 615 g/mol. The molecule has 2 nitrogen and oxygen atoms in total. The van der Waals surface area contributed by atoms with Gasteiger partial charge in [-0.05, 0) is 172 Å². The number of aryl methyl sites for hydroxylation is 2. The van der Waals surface area contributed by atoms with Crippen LogP contribution in [0.3, 0.4) is 0 Å². The number of likely N-dealkylation sites (tertiary alicyclic amines) is 2. The van der Waals surface area contributed by atoms with Crippen molar-refractivity contribution >= 4 is 0 Å². The fourth-order valence-electron chi connectivity index (χ4n) is 11.1. The normalized spacial score (nSPS) is 26.9. The van der Waals surface area contributed by atoms with Gasteiger partial charge in [0.25, 0.3) is 0 Å². The average Bonchev–Trinajstić information content (AvgIpc) is 3.81. The highest BCUT2D eigenvalue weighted by Gasteiger charge is 2.43. The van der Waals surface area contributed by atoms with Gasteiger partial charge in [-0.25, -0.2) is 0 Å². The monoisotopic (exact) mass is 614 g/mol. The maximum absolute atomic E-state index is 2.85. The van der Waals surface area contributed by atoms with Crippen LogP contribution in [-0.2, 0) is 36.5 Å². The van der Waals surface area contributed by atoms with E-state index in [0.717, 1.165) is 23.9 Å². The van der Waals surface area contributed by atoms with Gasteiger partial charge in [0, 0.05) is 12.1 Å². The maximum Gasteiger partial charge on any atom is 0.0176 e. The van der Waals surface area contributed by atoms with Crippen LogP contribution >= 0.6 is 0 Å². The minimum absolute atomic E-state index is 0.499. The molecule has 1 saturated carbocycles. The second-order valence-corrected chi connectivity index (χ2v) is 16.6. The summed E-state index contributed by atoms with van der Waals surface area (Å²) in [5, 5.41) is 0. The highest BCUT2D eigenvalue weighted by atomic mass is 15.2. The third kappa shape index (κ3) is 5.81. The van der Waals surface area contributed by atoms with E-state index in [1.165, 1.54) is 116 Å². The molecule has 0 atom stereocenters. The molecule has 9 rings (SSSR count). The van der Waals surface area contributed by atoms with Crippen molar-refractivity contribution in [3.63, 3.8) is 0 Å². The zero-order valence-electron chi connectivity index (χ0n) is 28.9. The highest BCUT2D eigenvalue weighted by molar-refractivity contribution is 5.41.